The van der Waals surface area contributed by atoms with Gasteiger partial charge in [0, 0.05) is 12.8 Å². The molecule has 0 aromatic heterocycles. The molecule has 0 N–H and O–H groups in total. The van der Waals surface area contributed by atoms with Gasteiger partial charge in [0.2, 0.25) is 0 Å². The molecule has 0 saturated heterocycles. The third kappa shape index (κ3) is 2.21. The fourth-order valence-corrected chi connectivity index (χ4v) is 1.29. The average Bonchev–Trinajstić information content (AvgIpc) is 1.90. The molecule has 0 bridgehead atoms. The van der Waals surface area contributed by atoms with Gasteiger partial charge < -0.3 is 0 Å². The van der Waals surface area contributed by atoms with Crippen LogP contribution >= 0.6 is 0 Å². The van der Waals surface area contributed by atoms with Crippen molar-refractivity contribution in [3.8, 4) is 0 Å². The second-order valence-electron chi connectivity index (χ2n) is 2.93. The van der Waals surface area contributed by atoms with Gasteiger partial charge in [0.15, 0.2) is 0 Å². The van der Waals surface area contributed by atoms with Crippen molar-refractivity contribution in [2.24, 2.45) is 0 Å². The van der Waals surface area contributed by atoms with Crippen LogP contribution in [-0.2, 0) is 5.11 Å². The highest BCUT2D eigenvalue weighted by Crippen LogP contribution is 2.31. The van der Waals surface area contributed by atoms with E-state index >= 15 is 0 Å². The van der Waals surface area contributed by atoms with Crippen LogP contribution in [0.1, 0.15) is 32.1 Å². The van der Waals surface area contributed by atoms with Crippen molar-refractivity contribution in [3.05, 3.63) is 0 Å². The first-order valence-corrected chi connectivity index (χ1v) is 3.64. The predicted octanol–water partition coefficient (Wildman–Crippen LogP) is 2.38. The molecule has 0 amide bonds. The Balaban J connectivity index is 2.46. The number of halogens is 2. The molecule has 3 heteroatoms. The van der Waals surface area contributed by atoms with E-state index in [-0.39, 0.29) is 6.42 Å². The normalized spacial score (nSPS) is 33.3. The summed E-state index contributed by atoms with van der Waals surface area (Å²) >= 11 is 0. The van der Waals surface area contributed by atoms with Crippen LogP contribution in [0.15, 0.2) is 0 Å². The molecular formula is C7H11F2O. The SMILES string of the molecule is [O]C1CCCCC(F)(F)C1. The molecule has 10 heavy (non-hydrogen) atoms. The van der Waals surface area contributed by atoms with Crippen LogP contribution in [0.25, 0.3) is 0 Å². The second kappa shape index (κ2) is 2.82. The van der Waals surface area contributed by atoms with E-state index in [1.807, 2.05) is 0 Å². The molecule has 0 spiro atoms. The predicted molar refractivity (Wildman–Crippen MR) is 32.5 cm³/mol. The first-order valence-electron chi connectivity index (χ1n) is 3.64. The Morgan fingerprint density at radius 3 is 2.70 bits per heavy atom. The summed E-state index contributed by atoms with van der Waals surface area (Å²) in [7, 11) is 0. The van der Waals surface area contributed by atoms with Crippen molar-refractivity contribution in [3.63, 3.8) is 0 Å². The lowest BCUT2D eigenvalue weighted by molar-refractivity contribution is -0.0582. The molecule has 1 unspecified atom stereocenters. The molecule has 1 aliphatic carbocycles. The number of rotatable bonds is 0. The lowest BCUT2D eigenvalue weighted by Crippen LogP contribution is -2.20. The number of alkyl halides is 2. The summed E-state index contributed by atoms with van der Waals surface area (Å²) in [5.41, 5.74) is 0. The van der Waals surface area contributed by atoms with E-state index in [4.69, 9.17) is 0 Å². The monoisotopic (exact) mass is 149 g/mol. The van der Waals surface area contributed by atoms with Crippen molar-refractivity contribution >= 4 is 0 Å². The summed E-state index contributed by atoms with van der Waals surface area (Å²) in [6, 6.07) is 0. The number of hydrogen-bond acceptors (Lipinski definition) is 0. The maximum atomic E-state index is 12.5. The molecule has 0 aliphatic heterocycles. The molecule has 0 heterocycles. The third-order valence-corrected chi connectivity index (χ3v) is 1.84. The van der Waals surface area contributed by atoms with Gasteiger partial charge in [0.05, 0.1) is 6.10 Å². The Morgan fingerprint density at radius 1 is 1.30 bits per heavy atom. The van der Waals surface area contributed by atoms with E-state index in [2.05, 4.69) is 0 Å². The molecule has 1 aliphatic rings. The van der Waals surface area contributed by atoms with Crippen LogP contribution in [0, 0.1) is 0 Å². The fraction of sp³-hybridized carbons (Fsp3) is 1.00. The molecular weight excluding hydrogens is 138 g/mol. The van der Waals surface area contributed by atoms with Crippen LogP contribution in [0.5, 0.6) is 0 Å². The van der Waals surface area contributed by atoms with Gasteiger partial charge in [0.1, 0.15) is 0 Å². The summed E-state index contributed by atoms with van der Waals surface area (Å²) < 4.78 is 25.0. The molecule has 1 rings (SSSR count). The van der Waals surface area contributed by atoms with Gasteiger partial charge >= 0.3 is 0 Å². The fourth-order valence-electron chi connectivity index (χ4n) is 1.29. The average molecular weight is 149 g/mol. The van der Waals surface area contributed by atoms with Crippen molar-refractivity contribution in [2.75, 3.05) is 0 Å². The Bertz CT molecular complexity index is 114. The Hall–Kier alpha value is -0.180. The minimum atomic E-state index is -2.68. The zero-order valence-electron chi connectivity index (χ0n) is 5.78. The first-order chi connectivity index (χ1) is 4.60. The third-order valence-electron chi connectivity index (χ3n) is 1.84. The standard InChI is InChI=1S/C7H11F2O/c8-7(9)4-2-1-3-6(10)5-7/h6H,1-5H2. The van der Waals surface area contributed by atoms with Gasteiger partial charge in [-0.15, -0.1) is 0 Å². The summed E-state index contributed by atoms with van der Waals surface area (Å²) in [4.78, 5) is 0. The van der Waals surface area contributed by atoms with Crippen LogP contribution in [0.4, 0.5) is 8.78 Å². The maximum Gasteiger partial charge on any atom is 0.250 e. The van der Waals surface area contributed by atoms with E-state index in [0.29, 0.717) is 19.3 Å². The van der Waals surface area contributed by atoms with Crippen LogP contribution < -0.4 is 0 Å². The van der Waals surface area contributed by atoms with E-state index in [1.54, 1.807) is 0 Å². The Labute approximate surface area is 59.0 Å². The zero-order chi connectivity index (χ0) is 7.61. The summed E-state index contributed by atoms with van der Waals surface area (Å²) in [5.74, 6) is -2.68. The van der Waals surface area contributed by atoms with Crippen molar-refractivity contribution in [1.29, 1.82) is 0 Å². The van der Waals surface area contributed by atoms with Gasteiger partial charge in [-0.25, -0.2) is 13.9 Å². The number of hydrogen-bond donors (Lipinski definition) is 0. The Morgan fingerprint density at radius 2 is 2.00 bits per heavy atom. The van der Waals surface area contributed by atoms with Gasteiger partial charge in [-0.05, 0) is 12.8 Å². The molecule has 1 fully saturated rings. The van der Waals surface area contributed by atoms with Gasteiger partial charge in [0.25, 0.3) is 5.92 Å². The Kier molecular flexibility index (Phi) is 2.24. The highest BCUT2D eigenvalue weighted by molar-refractivity contribution is 4.75. The lowest BCUT2D eigenvalue weighted by Gasteiger charge is -2.13. The van der Waals surface area contributed by atoms with E-state index in [1.165, 1.54) is 0 Å². The molecule has 1 saturated carbocycles. The van der Waals surface area contributed by atoms with Crippen molar-refractivity contribution in [2.45, 2.75) is 44.1 Å². The quantitative estimate of drug-likeness (QED) is 0.471. The highest BCUT2D eigenvalue weighted by Gasteiger charge is 2.34. The van der Waals surface area contributed by atoms with Crippen LogP contribution in [0.3, 0.4) is 0 Å². The molecule has 0 aromatic carbocycles. The van der Waals surface area contributed by atoms with Gasteiger partial charge in [-0.3, -0.25) is 0 Å². The smallest absolute Gasteiger partial charge is 0.233 e. The summed E-state index contributed by atoms with van der Waals surface area (Å²) in [6.07, 6.45) is 0.0293. The van der Waals surface area contributed by atoms with E-state index < -0.39 is 18.4 Å². The topological polar surface area (TPSA) is 19.9 Å². The van der Waals surface area contributed by atoms with Crippen LogP contribution in [0.2, 0.25) is 0 Å². The largest absolute Gasteiger partial charge is 0.250 e. The van der Waals surface area contributed by atoms with E-state index in [9.17, 15) is 13.9 Å². The highest BCUT2D eigenvalue weighted by atomic mass is 19.3. The van der Waals surface area contributed by atoms with Gasteiger partial charge in [-0.1, -0.05) is 6.42 Å². The molecule has 1 radical (unpaired) electrons. The second-order valence-corrected chi connectivity index (χ2v) is 2.93. The molecule has 1 nitrogen and oxygen atoms in total. The summed E-state index contributed by atoms with van der Waals surface area (Å²) in [5, 5.41) is 10.7. The van der Waals surface area contributed by atoms with Gasteiger partial charge in [-0.2, -0.15) is 0 Å². The minimum absolute atomic E-state index is 0.0915. The molecule has 0 aromatic rings. The summed E-state index contributed by atoms with van der Waals surface area (Å²) in [6.45, 7) is 0. The first kappa shape index (κ1) is 7.92. The zero-order valence-corrected chi connectivity index (χ0v) is 5.78. The van der Waals surface area contributed by atoms with Crippen molar-refractivity contribution in [1.82, 2.24) is 0 Å². The molecule has 1 atom stereocenters. The lowest BCUT2D eigenvalue weighted by atomic mass is 10.1. The van der Waals surface area contributed by atoms with Crippen LogP contribution in [-0.4, -0.2) is 12.0 Å². The minimum Gasteiger partial charge on any atom is -0.233 e. The van der Waals surface area contributed by atoms with Crippen molar-refractivity contribution < 1.29 is 13.9 Å². The maximum absolute atomic E-state index is 12.5. The van der Waals surface area contributed by atoms with E-state index in [0.717, 1.165) is 0 Å². The molecule has 59 valence electrons.